The SMILES string of the molecule is CCCC(CCC)C(NCC)c1c(C)c(C)cc(C)c1C. The van der Waals surface area contributed by atoms with Gasteiger partial charge in [0, 0.05) is 6.04 Å². The quantitative estimate of drug-likeness (QED) is 0.639. The average molecular weight is 290 g/mol. The molecule has 1 rings (SSSR count). The second-order valence-electron chi connectivity index (χ2n) is 6.55. The molecule has 0 aliphatic heterocycles. The highest BCUT2D eigenvalue weighted by atomic mass is 14.9. The number of nitrogens with one attached hydrogen (secondary N) is 1. The molecule has 0 heterocycles. The van der Waals surface area contributed by atoms with Crippen LogP contribution >= 0.6 is 0 Å². The van der Waals surface area contributed by atoms with Gasteiger partial charge in [0.2, 0.25) is 0 Å². The minimum atomic E-state index is 0.508. The van der Waals surface area contributed by atoms with Crippen molar-refractivity contribution in [3.63, 3.8) is 0 Å². The van der Waals surface area contributed by atoms with Crippen LogP contribution in [0.1, 0.15) is 80.3 Å². The maximum Gasteiger partial charge on any atom is 0.0354 e. The summed E-state index contributed by atoms with van der Waals surface area (Å²) in [5.41, 5.74) is 7.41. The van der Waals surface area contributed by atoms with Crippen molar-refractivity contribution in [3.05, 3.63) is 33.9 Å². The van der Waals surface area contributed by atoms with Crippen molar-refractivity contribution >= 4 is 0 Å². The summed E-state index contributed by atoms with van der Waals surface area (Å²) in [6, 6.07) is 2.85. The summed E-state index contributed by atoms with van der Waals surface area (Å²) in [4.78, 5) is 0. The molecule has 0 saturated carbocycles. The lowest BCUT2D eigenvalue weighted by atomic mass is 9.80. The molecule has 0 saturated heterocycles. The Morgan fingerprint density at radius 2 is 1.33 bits per heavy atom. The molecular formula is C20H35N. The maximum atomic E-state index is 3.80. The van der Waals surface area contributed by atoms with Crippen LogP contribution in [-0.4, -0.2) is 6.54 Å². The molecule has 21 heavy (non-hydrogen) atoms. The first-order valence-corrected chi connectivity index (χ1v) is 8.78. The monoisotopic (exact) mass is 289 g/mol. The Labute approximate surface area is 132 Å². The number of hydrogen-bond donors (Lipinski definition) is 1. The fraction of sp³-hybridized carbons (Fsp3) is 0.700. The van der Waals surface area contributed by atoms with E-state index in [1.807, 2.05) is 0 Å². The third kappa shape index (κ3) is 4.32. The van der Waals surface area contributed by atoms with Gasteiger partial charge in [0.25, 0.3) is 0 Å². The molecule has 0 radical (unpaired) electrons. The summed E-state index contributed by atoms with van der Waals surface area (Å²) < 4.78 is 0. The Bertz CT molecular complexity index is 415. The zero-order valence-corrected chi connectivity index (χ0v) is 15.3. The Balaban J connectivity index is 3.33. The van der Waals surface area contributed by atoms with Crippen LogP contribution in [0.2, 0.25) is 0 Å². The Morgan fingerprint density at radius 1 is 0.857 bits per heavy atom. The lowest BCUT2D eigenvalue weighted by molar-refractivity contribution is 0.318. The van der Waals surface area contributed by atoms with E-state index >= 15 is 0 Å². The molecule has 120 valence electrons. The first-order chi connectivity index (χ1) is 9.97. The maximum absolute atomic E-state index is 3.80. The van der Waals surface area contributed by atoms with Crippen molar-refractivity contribution in [2.45, 2.75) is 80.2 Å². The predicted octanol–water partition coefficient (Wildman–Crippen LogP) is 5.79. The first-order valence-electron chi connectivity index (χ1n) is 8.78. The van der Waals surface area contributed by atoms with E-state index in [1.54, 1.807) is 5.56 Å². The molecule has 1 atom stereocenters. The van der Waals surface area contributed by atoms with Gasteiger partial charge in [-0.3, -0.25) is 0 Å². The van der Waals surface area contributed by atoms with Gasteiger partial charge in [-0.2, -0.15) is 0 Å². The molecule has 1 unspecified atom stereocenters. The van der Waals surface area contributed by atoms with Crippen molar-refractivity contribution in [1.82, 2.24) is 5.32 Å². The van der Waals surface area contributed by atoms with E-state index in [9.17, 15) is 0 Å². The Morgan fingerprint density at radius 3 is 1.71 bits per heavy atom. The van der Waals surface area contributed by atoms with Crippen LogP contribution in [0.25, 0.3) is 0 Å². The fourth-order valence-corrected chi connectivity index (χ4v) is 3.66. The zero-order valence-electron chi connectivity index (χ0n) is 15.3. The topological polar surface area (TPSA) is 12.0 Å². The number of benzene rings is 1. The van der Waals surface area contributed by atoms with Crippen LogP contribution in [0.15, 0.2) is 6.07 Å². The van der Waals surface area contributed by atoms with E-state index in [2.05, 4.69) is 59.8 Å². The van der Waals surface area contributed by atoms with Gasteiger partial charge in [0.05, 0.1) is 0 Å². The fourth-order valence-electron chi connectivity index (χ4n) is 3.66. The molecule has 0 aromatic heterocycles. The summed E-state index contributed by atoms with van der Waals surface area (Å²) in [5.74, 6) is 0.749. The normalized spacial score (nSPS) is 13.0. The Kier molecular flexibility index (Phi) is 7.45. The number of rotatable bonds is 8. The van der Waals surface area contributed by atoms with Gasteiger partial charge < -0.3 is 5.32 Å². The molecule has 1 heteroatoms. The van der Waals surface area contributed by atoms with Gasteiger partial charge in [-0.15, -0.1) is 0 Å². The number of aryl methyl sites for hydroxylation is 2. The van der Waals surface area contributed by atoms with E-state index in [4.69, 9.17) is 0 Å². The third-order valence-electron chi connectivity index (χ3n) is 4.95. The zero-order chi connectivity index (χ0) is 16.0. The molecule has 1 N–H and O–H groups in total. The van der Waals surface area contributed by atoms with Gasteiger partial charge in [0.15, 0.2) is 0 Å². The first kappa shape index (κ1) is 18.2. The van der Waals surface area contributed by atoms with Crippen molar-refractivity contribution < 1.29 is 0 Å². The minimum absolute atomic E-state index is 0.508. The van der Waals surface area contributed by atoms with E-state index < -0.39 is 0 Å². The molecule has 0 amide bonds. The summed E-state index contributed by atoms with van der Waals surface area (Å²) >= 11 is 0. The molecule has 0 spiro atoms. The molecule has 0 aliphatic carbocycles. The van der Waals surface area contributed by atoms with Gasteiger partial charge >= 0.3 is 0 Å². The van der Waals surface area contributed by atoms with Crippen molar-refractivity contribution in [2.24, 2.45) is 5.92 Å². The van der Waals surface area contributed by atoms with E-state index in [-0.39, 0.29) is 0 Å². The van der Waals surface area contributed by atoms with Gasteiger partial charge in [-0.1, -0.05) is 39.7 Å². The summed E-state index contributed by atoms with van der Waals surface area (Å²) in [7, 11) is 0. The van der Waals surface area contributed by atoms with Crippen molar-refractivity contribution in [2.75, 3.05) is 6.54 Å². The molecule has 0 fully saturated rings. The van der Waals surface area contributed by atoms with Gasteiger partial charge in [0.1, 0.15) is 0 Å². The second kappa shape index (κ2) is 8.58. The second-order valence-corrected chi connectivity index (χ2v) is 6.55. The number of hydrogen-bond acceptors (Lipinski definition) is 1. The van der Waals surface area contributed by atoms with Crippen LogP contribution in [0, 0.1) is 33.6 Å². The standard InChI is InChI=1S/C20H35N/c1-8-11-18(12-9-2)20(21-10-3)19-16(6)14(4)13-15(5)17(19)7/h13,18,20-21H,8-12H2,1-7H3. The highest BCUT2D eigenvalue weighted by Gasteiger charge is 2.25. The van der Waals surface area contributed by atoms with Crippen LogP contribution < -0.4 is 5.32 Å². The van der Waals surface area contributed by atoms with E-state index in [0.29, 0.717) is 6.04 Å². The molecule has 1 nitrogen and oxygen atoms in total. The largest absolute Gasteiger partial charge is 0.310 e. The van der Waals surface area contributed by atoms with Crippen LogP contribution in [0.5, 0.6) is 0 Å². The third-order valence-corrected chi connectivity index (χ3v) is 4.95. The summed E-state index contributed by atoms with van der Waals surface area (Å²) in [5, 5.41) is 3.80. The van der Waals surface area contributed by atoms with Crippen LogP contribution in [-0.2, 0) is 0 Å². The molecule has 0 aliphatic rings. The molecular weight excluding hydrogens is 254 g/mol. The van der Waals surface area contributed by atoms with Crippen molar-refractivity contribution in [3.8, 4) is 0 Å². The van der Waals surface area contributed by atoms with Crippen LogP contribution in [0.3, 0.4) is 0 Å². The summed E-state index contributed by atoms with van der Waals surface area (Å²) in [6.45, 7) is 17.0. The Hall–Kier alpha value is -0.820. The minimum Gasteiger partial charge on any atom is -0.310 e. The lowest BCUT2D eigenvalue weighted by Gasteiger charge is -2.32. The van der Waals surface area contributed by atoms with Crippen LogP contribution in [0.4, 0.5) is 0 Å². The van der Waals surface area contributed by atoms with E-state index in [1.165, 1.54) is 47.9 Å². The molecule has 0 bridgehead atoms. The molecule has 1 aromatic carbocycles. The highest BCUT2D eigenvalue weighted by Crippen LogP contribution is 2.35. The average Bonchev–Trinajstić information content (AvgIpc) is 2.44. The van der Waals surface area contributed by atoms with E-state index in [0.717, 1.165) is 12.5 Å². The van der Waals surface area contributed by atoms with Gasteiger partial charge in [-0.05, 0) is 80.8 Å². The highest BCUT2D eigenvalue weighted by molar-refractivity contribution is 5.46. The molecule has 1 aromatic rings. The smallest absolute Gasteiger partial charge is 0.0354 e. The van der Waals surface area contributed by atoms with Crippen molar-refractivity contribution in [1.29, 1.82) is 0 Å². The summed E-state index contributed by atoms with van der Waals surface area (Å²) in [6.07, 6.45) is 5.18. The predicted molar refractivity (Wildman–Crippen MR) is 95.1 cm³/mol. The van der Waals surface area contributed by atoms with Gasteiger partial charge in [-0.25, -0.2) is 0 Å². The lowest BCUT2D eigenvalue weighted by Crippen LogP contribution is -2.30.